The van der Waals surface area contributed by atoms with Gasteiger partial charge in [0.1, 0.15) is 0 Å². The molecule has 3 nitrogen and oxygen atoms in total. The molecule has 0 unspecified atom stereocenters. The van der Waals surface area contributed by atoms with Crippen LogP contribution in [-0.4, -0.2) is 16.1 Å². The fraction of sp³-hybridized carbons (Fsp3) is 0.100. The van der Waals surface area contributed by atoms with Crippen LogP contribution in [0.25, 0.3) is 10.9 Å². The summed E-state index contributed by atoms with van der Waals surface area (Å²) < 4.78 is 1.08. The summed E-state index contributed by atoms with van der Waals surface area (Å²) in [7, 11) is 0. The summed E-state index contributed by atoms with van der Waals surface area (Å²) in [5.41, 5.74) is 1.84. The Labute approximate surface area is 94.3 Å². The number of rotatable bonds is 2. The number of aliphatic carboxylic acids is 1. The summed E-state index contributed by atoms with van der Waals surface area (Å²) in [6.45, 7) is 0. The fourth-order valence-electron chi connectivity index (χ4n) is 1.51. The van der Waals surface area contributed by atoms with Gasteiger partial charge in [-0.15, -0.1) is 0 Å². The first kappa shape index (κ1) is 9.51. The van der Waals surface area contributed by atoms with Crippen LogP contribution in [0.1, 0.15) is 5.56 Å². The summed E-state index contributed by atoms with van der Waals surface area (Å²) in [5, 5.41) is 9.74. The third-order valence-corrected chi connectivity index (χ3v) is 2.98. The number of benzene rings is 1. The van der Waals surface area contributed by atoms with Crippen molar-refractivity contribution in [2.45, 2.75) is 6.42 Å². The van der Waals surface area contributed by atoms with Crippen LogP contribution in [0.15, 0.2) is 24.4 Å². The Morgan fingerprint density at radius 3 is 3.00 bits per heavy atom. The molecular weight excluding hydrogens is 293 g/mol. The third kappa shape index (κ3) is 1.61. The topological polar surface area (TPSA) is 53.1 Å². The number of carboxylic acid groups (broad SMARTS) is 1. The van der Waals surface area contributed by atoms with E-state index in [0.717, 1.165) is 20.0 Å². The van der Waals surface area contributed by atoms with Crippen molar-refractivity contribution in [2.24, 2.45) is 0 Å². The van der Waals surface area contributed by atoms with Gasteiger partial charge in [-0.2, -0.15) is 0 Å². The molecular formula is C10H8INO2. The molecule has 1 aromatic heterocycles. The first-order chi connectivity index (χ1) is 6.68. The number of nitrogens with one attached hydrogen (secondary N) is 1. The van der Waals surface area contributed by atoms with Crippen LogP contribution in [0.2, 0.25) is 0 Å². The smallest absolute Gasteiger partial charge is 0.307 e. The normalized spacial score (nSPS) is 10.6. The van der Waals surface area contributed by atoms with Gasteiger partial charge in [-0.3, -0.25) is 4.79 Å². The molecule has 2 N–H and O–H groups in total. The number of fused-ring (bicyclic) bond motifs is 1. The number of carbonyl (C=O) groups is 1. The highest BCUT2D eigenvalue weighted by molar-refractivity contribution is 14.1. The number of hydrogen-bond donors (Lipinski definition) is 2. The number of aromatic nitrogens is 1. The molecule has 1 aromatic carbocycles. The molecule has 1 heterocycles. The zero-order chi connectivity index (χ0) is 10.1. The zero-order valence-corrected chi connectivity index (χ0v) is 9.41. The maximum atomic E-state index is 10.6. The Bertz CT molecular complexity index is 490. The largest absolute Gasteiger partial charge is 0.481 e. The van der Waals surface area contributed by atoms with Crippen molar-refractivity contribution in [2.75, 3.05) is 0 Å². The number of aromatic amines is 1. The fourth-order valence-corrected chi connectivity index (χ4v) is 2.35. The van der Waals surface area contributed by atoms with Crippen LogP contribution < -0.4 is 0 Å². The minimum atomic E-state index is -0.800. The van der Waals surface area contributed by atoms with Gasteiger partial charge in [0.25, 0.3) is 0 Å². The van der Waals surface area contributed by atoms with E-state index >= 15 is 0 Å². The van der Waals surface area contributed by atoms with E-state index in [1.165, 1.54) is 0 Å². The molecule has 72 valence electrons. The van der Waals surface area contributed by atoms with Gasteiger partial charge in [0.15, 0.2) is 0 Å². The average Bonchev–Trinajstić information content (AvgIpc) is 2.49. The summed E-state index contributed by atoms with van der Waals surface area (Å²) in [5.74, 6) is -0.800. The minimum absolute atomic E-state index is 0.0695. The van der Waals surface area contributed by atoms with Gasteiger partial charge < -0.3 is 10.1 Å². The molecule has 0 saturated carbocycles. The molecule has 2 rings (SSSR count). The molecule has 14 heavy (non-hydrogen) atoms. The number of hydrogen-bond acceptors (Lipinski definition) is 1. The summed E-state index contributed by atoms with van der Waals surface area (Å²) in [6, 6.07) is 5.87. The predicted octanol–water partition coefficient (Wildman–Crippen LogP) is 2.40. The van der Waals surface area contributed by atoms with Crippen molar-refractivity contribution in [3.63, 3.8) is 0 Å². The second-order valence-electron chi connectivity index (χ2n) is 3.05. The Kier molecular flexibility index (Phi) is 2.45. The quantitative estimate of drug-likeness (QED) is 0.837. The minimum Gasteiger partial charge on any atom is -0.481 e. The highest BCUT2D eigenvalue weighted by Crippen LogP contribution is 2.24. The van der Waals surface area contributed by atoms with Crippen molar-refractivity contribution in [1.82, 2.24) is 4.98 Å². The second-order valence-corrected chi connectivity index (χ2v) is 4.21. The number of H-pyrrole nitrogens is 1. The molecule has 0 bridgehead atoms. The predicted molar refractivity (Wildman–Crippen MR) is 62.4 cm³/mol. The molecule has 0 saturated heterocycles. The molecule has 0 aliphatic carbocycles. The lowest BCUT2D eigenvalue weighted by molar-refractivity contribution is -0.136. The third-order valence-electron chi connectivity index (χ3n) is 2.08. The molecule has 0 amide bonds. The van der Waals surface area contributed by atoms with Crippen molar-refractivity contribution in [3.05, 3.63) is 33.5 Å². The second kappa shape index (κ2) is 3.61. The molecule has 0 fully saturated rings. The maximum Gasteiger partial charge on any atom is 0.307 e. The Hall–Kier alpha value is -1.04. The first-order valence-electron chi connectivity index (χ1n) is 4.15. The van der Waals surface area contributed by atoms with Crippen molar-refractivity contribution >= 4 is 39.5 Å². The van der Waals surface area contributed by atoms with Crippen LogP contribution >= 0.6 is 22.6 Å². The van der Waals surface area contributed by atoms with E-state index in [0.29, 0.717) is 0 Å². The van der Waals surface area contributed by atoms with Crippen LogP contribution in [0.4, 0.5) is 0 Å². The van der Waals surface area contributed by atoms with Crippen LogP contribution in [-0.2, 0) is 11.2 Å². The van der Waals surface area contributed by atoms with Crippen molar-refractivity contribution in [3.8, 4) is 0 Å². The van der Waals surface area contributed by atoms with Crippen molar-refractivity contribution in [1.29, 1.82) is 0 Å². The van der Waals surface area contributed by atoms with Crippen LogP contribution in [0.3, 0.4) is 0 Å². The Morgan fingerprint density at radius 1 is 1.50 bits per heavy atom. The number of halogens is 1. The molecule has 0 aliphatic heterocycles. The van der Waals surface area contributed by atoms with Gasteiger partial charge in [-0.1, -0.05) is 6.07 Å². The van der Waals surface area contributed by atoms with Gasteiger partial charge in [-0.05, 0) is 40.3 Å². The SMILES string of the molecule is O=C(O)Cc1c[nH]c2cccc(I)c12. The lowest BCUT2D eigenvalue weighted by Gasteiger charge is -1.97. The van der Waals surface area contributed by atoms with Gasteiger partial charge in [0.05, 0.1) is 6.42 Å². The molecule has 0 radical (unpaired) electrons. The molecule has 2 aromatic rings. The molecule has 0 aliphatic rings. The van der Waals surface area contributed by atoms with Gasteiger partial charge >= 0.3 is 5.97 Å². The highest BCUT2D eigenvalue weighted by Gasteiger charge is 2.09. The van der Waals surface area contributed by atoms with Gasteiger partial charge in [0.2, 0.25) is 0 Å². The maximum absolute atomic E-state index is 10.6. The van der Waals surface area contributed by atoms with Gasteiger partial charge in [-0.25, -0.2) is 0 Å². The van der Waals surface area contributed by atoms with E-state index in [-0.39, 0.29) is 6.42 Å². The molecule has 0 atom stereocenters. The van der Waals surface area contributed by atoms with Crippen LogP contribution in [0, 0.1) is 3.57 Å². The highest BCUT2D eigenvalue weighted by atomic mass is 127. The Morgan fingerprint density at radius 2 is 2.29 bits per heavy atom. The summed E-state index contributed by atoms with van der Waals surface area (Å²) in [6.07, 6.45) is 1.83. The Balaban J connectivity index is 2.61. The van der Waals surface area contributed by atoms with E-state index in [1.54, 1.807) is 6.20 Å². The molecule has 0 spiro atoms. The van der Waals surface area contributed by atoms with Crippen molar-refractivity contribution < 1.29 is 9.90 Å². The standard InChI is InChI=1S/C10H8INO2/c11-7-2-1-3-8-10(7)6(5-12-8)4-9(13)14/h1-3,5,12H,4H2,(H,13,14). The summed E-state index contributed by atoms with van der Waals surface area (Å²) >= 11 is 2.21. The van der Waals surface area contributed by atoms with E-state index in [4.69, 9.17) is 5.11 Å². The lowest BCUT2D eigenvalue weighted by atomic mass is 10.1. The average molecular weight is 301 g/mol. The zero-order valence-electron chi connectivity index (χ0n) is 7.25. The van der Waals surface area contributed by atoms with E-state index < -0.39 is 5.97 Å². The van der Waals surface area contributed by atoms with E-state index in [2.05, 4.69) is 27.6 Å². The monoisotopic (exact) mass is 301 g/mol. The van der Waals surface area contributed by atoms with E-state index in [1.807, 2.05) is 18.2 Å². The van der Waals surface area contributed by atoms with E-state index in [9.17, 15) is 4.79 Å². The lowest BCUT2D eigenvalue weighted by Crippen LogP contribution is -1.99. The summed E-state index contributed by atoms with van der Waals surface area (Å²) in [4.78, 5) is 13.7. The van der Waals surface area contributed by atoms with Crippen LogP contribution in [0.5, 0.6) is 0 Å². The van der Waals surface area contributed by atoms with Gasteiger partial charge in [0, 0.05) is 20.7 Å². The first-order valence-corrected chi connectivity index (χ1v) is 5.22. The number of carboxylic acids is 1. The molecule has 4 heteroatoms.